The molecule has 0 spiro atoms. The molecule has 0 saturated heterocycles. The number of allylic oxidation sites excluding steroid dienone is 18. The van der Waals surface area contributed by atoms with Crippen molar-refractivity contribution < 1.29 is 28.6 Å². The molecule has 0 rings (SSSR count). The van der Waals surface area contributed by atoms with E-state index in [1.165, 1.54) is 141 Å². The van der Waals surface area contributed by atoms with Gasteiger partial charge in [0.05, 0.1) is 0 Å². The van der Waals surface area contributed by atoms with Crippen LogP contribution in [-0.4, -0.2) is 37.2 Å². The fourth-order valence-corrected chi connectivity index (χ4v) is 9.05. The second-order valence-electron chi connectivity index (χ2n) is 21.6. The second-order valence-corrected chi connectivity index (χ2v) is 21.6. The van der Waals surface area contributed by atoms with Crippen molar-refractivity contribution in [1.29, 1.82) is 0 Å². The third-order valence-electron chi connectivity index (χ3n) is 14.0. The van der Waals surface area contributed by atoms with E-state index < -0.39 is 6.10 Å². The Labute approximate surface area is 482 Å². The first-order valence-corrected chi connectivity index (χ1v) is 32.9. The summed E-state index contributed by atoms with van der Waals surface area (Å²) in [5.74, 6) is -0.906. The van der Waals surface area contributed by atoms with Crippen LogP contribution in [0.2, 0.25) is 0 Å². The maximum absolute atomic E-state index is 12.9. The smallest absolute Gasteiger partial charge is 0.306 e. The number of rotatable bonds is 59. The van der Waals surface area contributed by atoms with Crippen molar-refractivity contribution in [2.75, 3.05) is 13.2 Å². The molecule has 6 heteroatoms. The highest BCUT2D eigenvalue weighted by Gasteiger charge is 2.19. The second kappa shape index (κ2) is 65.6. The molecule has 0 radical (unpaired) electrons. The maximum Gasteiger partial charge on any atom is 0.306 e. The molecular formula is C72H122O6. The molecule has 1 unspecified atom stereocenters. The zero-order chi connectivity index (χ0) is 56.4. The summed E-state index contributed by atoms with van der Waals surface area (Å²) >= 11 is 0. The highest BCUT2D eigenvalue weighted by Crippen LogP contribution is 2.16. The molecule has 0 aliphatic heterocycles. The Hall–Kier alpha value is -3.93. The molecule has 446 valence electrons. The maximum atomic E-state index is 12.9. The van der Waals surface area contributed by atoms with Gasteiger partial charge in [-0.1, -0.05) is 278 Å². The first kappa shape index (κ1) is 74.1. The average molecular weight is 1080 g/mol. The van der Waals surface area contributed by atoms with Gasteiger partial charge in [0.25, 0.3) is 0 Å². The summed E-state index contributed by atoms with van der Waals surface area (Å²) < 4.78 is 16.9. The van der Waals surface area contributed by atoms with E-state index in [9.17, 15) is 14.4 Å². The van der Waals surface area contributed by atoms with Gasteiger partial charge in [0.2, 0.25) is 0 Å². The lowest BCUT2D eigenvalue weighted by molar-refractivity contribution is -0.167. The van der Waals surface area contributed by atoms with Gasteiger partial charge in [-0.25, -0.2) is 0 Å². The highest BCUT2D eigenvalue weighted by molar-refractivity contribution is 5.71. The number of ether oxygens (including phenoxy) is 3. The van der Waals surface area contributed by atoms with Gasteiger partial charge in [0.15, 0.2) is 6.10 Å². The van der Waals surface area contributed by atoms with E-state index in [0.29, 0.717) is 19.3 Å². The molecule has 0 aliphatic carbocycles. The van der Waals surface area contributed by atoms with Gasteiger partial charge in [-0.3, -0.25) is 14.4 Å². The highest BCUT2D eigenvalue weighted by atomic mass is 16.6. The zero-order valence-corrected chi connectivity index (χ0v) is 51.2. The molecule has 0 aromatic rings. The van der Waals surface area contributed by atoms with Crippen molar-refractivity contribution in [3.8, 4) is 0 Å². The number of esters is 3. The van der Waals surface area contributed by atoms with Gasteiger partial charge < -0.3 is 14.2 Å². The summed E-state index contributed by atoms with van der Waals surface area (Å²) in [7, 11) is 0. The van der Waals surface area contributed by atoms with Crippen molar-refractivity contribution in [2.24, 2.45) is 0 Å². The predicted molar refractivity (Wildman–Crippen MR) is 339 cm³/mol. The van der Waals surface area contributed by atoms with E-state index in [2.05, 4.69) is 130 Å². The number of carbonyl (C=O) groups is 3. The molecule has 1 atom stereocenters. The predicted octanol–water partition coefficient (Wildman–Crippen LogP) is 22.6. The van der Waals surface area contributed by atoms with Crippen LogP contribution in [0.3, 0.4) is 0 Å². The van der Waals surface area contributed by atoms with Crippen LogP contribution in [0, 0.1) is 0 Å². The average Bonchev–Trinajstić information content (AvgIpc) is 3.44. The number of hydrogen-bond donors (Lipinski definition) is 0. The largest absolute Gasteiger partial charge is 0.462 e. The summed E-state index contributed by atoms with van der Waals surface area (Å²) in [6.07, 6.45) is 89.5. The Balaban J connectivity index is 4.38. The van der Waals surface area contributed by atoms with Crippen LogP contribution in [0.5, 0.6) is 0 Å². The van der Waals surface area contributed by atoms with Crippen LogP contribution in [0.1, 0.15) is 310 Å². The summed E-state index contributed by atoms with van der Waals surface area (Å²) in [6, 6.07) is 0. The Bertz CT molecular complexity index is 1570. The van der Waals surface area contributed by atoms with Crippen molar-refractivity contribution in [1.82, 2.24) is 0 Å². The van der Waals surface area contributed by atoms with Crippen molar-refractivity contribution in [2.45, 2.75) is 316 Å². The van der Waals surface area contributed by atoms with Gasteiger partial charge in [-0.15, -0.1) is 0 Å². The number of carbonyl (C=O) groups excluding carboxylic acids is 3. The van der Waals surface area contributed by atoms with Crippen LogP contribution in [0.15, 0.2) is 109 Å². The number of hydrogen-bond acceptors (Lipinski definition) is 6. The lowest BCUT2D eigenvalue weighted by Crippen LogP contribution is -2.30. The quantitative estimate of drug-likeness (QED) is 0.0261. The molecule has 0 fully saturated rings. The molecule has 0 aliphatic rings. The molecule has 0 heterocycles. The van der Waals surface area contributed by atoms with E-state index in [0.717, 1.165) is 128 Å². The molecule has 0 aromatic heterocycles. The zero-order valence-electron chi connectivity index (χ0n) is 51.2. The third-order valence-corrected chi connectivity index (χ3v) is 14.0. The van der Waals surface area contributed by atoms with E-state index in [1.807, 2.05) is 0 Å². The lowest BCUT2D eigenvalue weighted by Gasteiger charge is -2.18. The fraction of sp³-hybridized carbons (Fsp3) is 0.708. The summed E-state index contributed by atoms with van der Waals surface area (Å²) in [5, 5.41) is 0. The molecule has 0 bridgehead atoms. The van der Waals surface area contributed by atoms with Crippen molar-refractivity contribution in [3.05, 3.63) is 109 Å². The van der Waals surface area contributed by atoms with Crippen molar-refractivity contribution in [3.63, 3.8) is 0 Å². The van der Waals surface area contributed by atoms with Crippen LogP contribution in [0.4, 0.5) is 0 Å². The minimum atomic E-state index is -0.793. The van der Waals surface area contributed by atoms with Crippen LogP contribution < -0.4 is 0 Å². The van der Waals surface area contributed by atoms with Gasteiger partial charge in [0.1, 0.15) is 13.2 Å². The topological polar surface area (TPSA) is 78.9 Å². The van der Waals surface area contributed by atoms with E-state index in [-0.39, 0.29) is 31.1 Å². The number of unbranched alkanes of at least 4 members (excludes halogenated alkanes) is 30. The van der Waals surface area contributed by atoms with Crippen LogP contribution >= 0.6 is 0 Å². The van der Waals surface area contributed by atoms with E-state index >= 15 is 0 Å². The Morgan fingerprint density at radius 1 is 0.269 bits per heavy atom. The molecule has 78 heavy (non-hydrogen) atoms. The monoisotopic (exact) mass is 1080 g/mol. The first-order valence-electron chi connectivity index (χ1n) is 32.9. The van der Waals surface area contributed by atoms with E-state index in [1.54, 1.807) is 0 Å². The van der Waals surface area contributed by atoms with Gasteiger partial charge in [0, 0.05) is 19.3 Å². The van der Waals surface area contributed by atoms with Crippen molar-refractivity contribution >= 4 is 17.9 Å². The third kappa shape index (κ3) is 62.9. The van der Waals surface area contributed by atoms with Crippen LogP contribution in [-0.2, 0) is 28.6 Å². The summed E-state index contributed by atoms with van der Waals surface area (Å²) in [5.41, 5.74) is 0. The Morgan fingerprint density at radius 3 is 0.821 bits per heavy atom. The molecule has 6 nitrogen and oxygen atoms in total. The fourth-order valence-electron chi connectivity index (χ4n) is 9.05. The van der Waals surface area contributed by atoms with Gasteiger partial charge >= 0.3 is 17.9 Å². The van der Waals surface area contributed by atoms with Gasteiger partial charge in [-0.05, 0) is 122 Å². The normalized spacial score (nSPS) is 12.8. The standard InChI is InChI=1S/C72H122O6/c1-4-7-10-13-16-19-22-25-28-30-32-34-36-38-40-42-44-47-50-53-56-59-62-65-71(74)77-68-69(67-76-70(73)64-61-58-55-52-49-46-27-24-21-18-15-12-9-6-3)78-72(75)66-63-60-57-54-51-48-45-43-41-39-37-35-33-31-29-26-23-20-17-14-11-8-5-2/h7,10,15-16,18-19,23-28,31-34,37,39,69H,4-6,8-9,11-14,17,20-22,29-30,35-36,38,40-68H2,1-3H3/b10-7-,18-15-,19-16-,26-23-,27-24-,28-25-,33-31-,34-32-,39-37-. The SMILES string of the molecule is CC/C=C\C/C=C\C/C=C\C/C=C\CCCCCCCCCCCCC(=O)OCC(COC(=O)CCCCCCC/C=C\C/C=C\CCCC)OC(=O)CCCCCCCCCC/C=C\C/C=C\C/C=C\CCCCCCC. The minimum Gasteiger partial charge on any atom is -0.462 e. The molecule has 0 N–H and O–H groups in total. The molecular weight excluding hydrogens is 961 g/mol. The van der Waals surface area contributed by atoms with Gasteiger partial charge in [-0.2, -0.15) is 0 Å². The minimum absolute atomic E-state index is 0.0884. The Kier molecular flexibility index (Phi) is 62.3. The molecule has 0 amide bonds. The lowest BCUT2D eigenvalue weighted by atomic mass is 10.1. The Morgan fingerprint density at radius 2 is 0.513 bits per heavy atom. The summed E-state index contributed by atoms with van der Waals surface area (Å²) in [6.45, 7) is 6.48. The molecule has 0 saturated carbocycles. The van der Waals surface area contributed by atoms with Crippen LogP contribution in [0.25, 0.3) is 0 Å². The molecule has 0 aromatic carbocycles. The van der Waals surface area contributed by atoms with E-state index in [4.69, 9.17) is 14.2 Å². The summed E-state index contributed by atoms with van der Waals surface area (Å²) in [4.78, 5) is 38.4. The first-order chi connectivity index (χ1) is 38.5.